The molecule has 3 rings (SSSR count). The normalized spacial score (nSPS) is 10.6. The first-order valence-electron chi connectivity index (χ1n) is 7.50. The maximum atomic E-state index is 12.3. The van der Waals surface area contributed by atoms with Crippen molar-refractivity contribution in [1.82, 2.24) is 15.3 Å². The summed E-state index contributed by atoms with van der Waals surface area (Å²) in [7, 11) is 0. The lowest BCUT2D eigenvalue weighted by Crippen LogP contribution is -2.23. The van der Waals surface area contributed by atoms with Gasteiger partial charge in [0.05, 0.1) is 22.3 Å². The van der Waals surface area contributed by atoms with Crippen molar-refractivity contribution in [2.24, 2.45) is 0 Å². The summed E-state index contributed by atoms with van der Waals surface area (Å²) in [5.41, 5.74) is 1.13. The molecule has 0 aliphatic carbocycles. The van der Waals surface area contributed by atoms with Gasteiger partial charge >= 0.3 is 0 Å². The van der Waals surface area contributed by atoms with Crippen LogP contribution in [-0.2, 0) is 0 Å². The molecule has 0 atom stereocenters. The lowest BCUT2D eigenvalue weighted by molar-refractivity contribution is 0.0956. The third-order valence-electron chi connectivity index (χ3n) is 3.38. The van der Waals surface area contributed by atoms with E-state index in [-0.39, 0.29) is 11.8 Å². The molecule has 0 aliphatic heterocycles. The second-order valence-electron chi connectivity index (χ2n) is 5.13. The molecule has 0 radical (unpaired) electrons. The number of amides is 2. The zero-order valence-electron chi connectivity index (χ0n) is 13.3. The van der Waals surface area contributed by atoms with Crippen molar-refractivity contribution in [2.45, 2.75) is 13.8 Å². The Hall–Kier alpha value is -2.80. The Kier molecular flexibility index (Phi) is 4.52. The summed E-state index contributed by atoms with van der Waals surface area (Å²) in [6, 6.07) is 8.94. The number of hydrogen-bond donors (Lipinski definition) is 2. The minimum atomic E-state index is -0.287. The van der Waals surface area contributed by atoms with E-state index < -0.39 is 0 Å². The van der Waals surface area contributed by atoms with Crippen molar-refractivity contribution in [1.29, 1.82) is 0 Å². The molecule has 7 heteroatoms. The molecule has 2 N–H and O–H groups in total. The van der Waals surface area contributed by atoms with Crippen molar-refractivity contribution in [3.63, 3.8) is 0 Å². The molecule has 6 nitrogen and oxygen atoms in total. The van der Waals surface area contributed by atoms with Crippen LogP contribution in [0.15, 0.2) is 36.5 Å². The number of benzene rings is 1. The number of thiazole rings is 1. The van der Waals surface area contributed by atoms with Gasteiger partial charge < -0.3 is 10.6 Å². The molecule has 2 aromatic heterocycles. The van der Waals surface area contributed by atoms with Gasteiger partial charge in [-0.2, -0.15) is 0 Å². The van der Waals surface area contributed by atoms with E-state index in [1.54, 1.807) is 6.07 Å². The number of rotatable bonds is 4. The third kappa shape index (κ3) is 3.26. The fourth-order valence-corrected chi connectivity index (χ4v) is 3.00. The Morgan fingerprint density at radius 3 is 2.71 bits per heavy atom. The maximum Gasteiger partial charge on any atom is 0.268 e. The number of aromatic nitrogens is 2. The van der Waals surface area contributed by atoms with Gasteiger partial charge in [-0.25, -0.2) is 9.97 Å². The summed E-state index contributed by atoms with van der Waals surface area (Å²) in [5.74, 6) is -0.142. The van der Waals surface area contributed by atoms with E-state index in [1.165, 1.54) is 17.5 Å². The first kappa shape index (κ1) is 16.1. The first-order chi connectivity index (χ1) is 11.6. The Labute approximate surface area is 142 Å². The monoisotopic (exact) mass is 340 g/mol. The number of carbonyl (C=O) groups is 2. The van der Waals surface area contributed by atoms with Crippen LogP contribution in [0.2, 0.25) is 0 Å². The third-order valence-corrected chi connectivity index (χ3v) is 4.30. The van der Waals surface area contributed by atoms with Crippen molar-refractivity contribution in [3.8, 4) is 0 Å². The van der Waals surface area contributed by atoms with Gasteiger partial charge in [-0.05, 0) is 26.0 Å². The quantitative estimate of drug-likeness (QED) is 0.765. The van der Waals surface area contributed by atoms with E-state index in [0.29, 0.717) is 28.3 Å². The fraction of sp³-hybridized carbons (Fsp3) is 0.176. The second-order valence-corrected chi connectivity index (χ2v) is 6.36. The minimum Gasteiger partial charge on any atom is -0.352 e. The van der Waals surface area contributed by atoms with Gasteiger partial charge in [-0.15, -0.1) is 11.3 Å². The van der Waals surface area contributed by atoms with E-state index in [9.17, 15) is 9.59 Å². The predicted octanol–water partition coefficient (Wildman–Crippen LogP) is 3.00. The minimum absolute atomic E-state index is 0.194. The SMILES string of the molecule is CCNC(=O)c1cc(NC(=O)c2cnc(C)s2)nc2ccccc12. The molecule has 0 spiro atoms. The summed E-state index contributed by atoms with van der Waals surface area (Å²) < 4.78 is 0. The number of carbonyl (C=O) groups excluding carboxylic acids is 2. The predicted molar refractivity (Wildman–Crippen MR) is 94.6 cm³/mol. The maximum absolute atomic E-state index is 12.3. The van der Waals surface area contributed by atoms with Crippen LogP contribution in [0.1, 0.15) is 32.0 Å². The number of nitrogens with one attached hydrogen (secondary N) is 2. The number of para-hydroxylation sites is 1. The van der Waals surface area contributed by atoms with Gasteiger partial charge in [0.2, 0.25) is 0 Å². The van der Waals surface area contributed by atoms with Gasteiger partial charge in [0, 0.05) is 11.9 Å². The van der Waals surface area contributed by atoms with Crippen molar-refractivity contribution >= 4 is 39.9 Å². The molecule has 0 aliphatic rings. The topological polar surface area (TPSA) is 84.0 Å². The molecule has 24 heavy (non-hydrogen) atoms. The summed E-state index contributed by atoms with van der Waals surface area (Å²) >= 11 is 1.31. The average Bonchev–Trinajstić information content (AvgIpc) is 3.01. The number of hydrogen-bond acceptors (Lipinski definition) is 5. The van der Waals surface area contributed by atoms with Crippen LogP contribution in [0.25, 0.3) is 10.9 Å². The Balaban J connectivity index is 1.99. The molecule has 3 aromatic rings. The fourth-order valence-electron chi connectivity index (χ4n) is 2.33. The van der Waals surface area contributed by atoms with Crippen LogP contribution in [0.4, 0.5) is 5.82 Å². The largest absolute Gasteiger partial charge is 0.352 e. The molecule has 2 heterocycles. The van der Waals surface area contributed by atoms with Gasteiger partial charge in [0.25, 0.3) is 11.8 Å². The molecule has 2 amide bonds. The Morgan fingerprint density at radius 1 is 1.21 bits per heavy atom. The van der Waals surface area contributed by atoms with Gasteiger partial charge in [0.1, 0.15) is 10.7 Å². The molecular formula is C17H16N4O2S. The summed E-state index contributed by atoms with van der Waals surface area (Å²) in [6.45, 7) is 4.22. The summed E-state index contributed by atoms with van der Waals surface area (Å²) in [4.78, 5) is 33.6. The highest BCUT2D eigenvalue weighted by Crippen LogP contribution is 2.22. The molecule has 0 saturated heterocycles. The van der Waals surface area contributed by atoms with Crippen molar-refractivity contribution in [3.05, 3.63) is 52.0 Å². The van der Waals surface area contributed by atoms with E-state index in [0.717, 1.165) is 10.4 Å². The van der Waals surface area contributed by atoms with E-state index in [1.807, 2.05) is 38.1 Å². The molecule has 1 aromatic carbocycles. The van der Waals surface area contributed by atoms with Gasteiger partial charge in [0.15, 0.2) is 0 Å². The Morgan fingerprint density at radius 2 is 2.00 bits per heavy atom. The van der Waals surface area contributed by atoms with E-state index in [4.69, 9.17) is 0 Å². The number of fused-ring (bicyclic) bond motifs is 1. The molecule has 122 valence electrons. The van der Waals surface area contributed by atoms with E-state index >= 15 is 0 Å². The van der Waals surface area contributed by atoms with Crippen LogP contribution < -0.4 is 10.6 Å². The zero-order chi connectivity index (χ0) is 17.1. The molecular weight excluding hydrogens is 324 g/mol. The standard InChI is InChI=1S/C17H16N4O2S/c1-3-18-16(22)12-8-15(20-13-7-5-4-6-11(12)13)21-17(23)14-9-19-10(2)24-14/h4-9H,3H2,1-2H3,(H,18,22)(H,20,21,23). The van der Waals surface area contributed by atoms with Crippen molar-refractivity contribution in [2.75, 3.05) is 11.9 Å². The molecule has 0 fully saturated rings. The van der Waals surface area contributed by atoms with Gasteiger partial charge in [-0.3, -0.25) is 9.59 Å². The highest BCUT2D eigenvalue weighted by Gasteiger charge is 2.15. The number of aryl methyl sites for hydroxylation is 1. The summed E-state index contributed by atoms with van der Waals surface area (Å²) in [5, 5.41) is 7.08. The van der Waals surface area contributed by atoms with Crippen LogP contribution in [-0.4, -0.2) is 28.3 Å². The van der Waals surface area contributed by atoms with Crippen LogP contribution in [0.3, 0.4) is 0 Å². The van der Waals surface area contributed by atoms with Crippen LogP contribution in [0.5, 0.6) is 0 Å². The lowest BCUT2D eigenvalue weighted by atomic mass is 10.1. The number of pyridine rings is 1. The zero-order valence-corrected chi connectivity index (χ0v) is 14.1. The second kappa shape index (κ2) is 6.76. The lowest BCUT2D eigenvalue weighted by Gasteiger charge is -2.10. The highest BCUT2D eigenvalue weighted by molar-refractivity contribution is 7.13. The van der Waals surface area contributed by atoms with Gasteiger partial charge in [-0.1, -0.05) is 18.2 Å². The Bertz CT molecular complexity index is 920. The van der Waals surface area contributed by atoms with Crippen LogP contribution >= 0.6 is 11.3 Å². The van der Waals surface area contributed by atoms with Crippen LogP contribution in [0, 0.1) is 6.92 Å². The molecule has 0 bridgehead atoms. The average molecular weight is 340 g/mol. The van der Waals surface area contributed by atoms with Crippen molar-refractivity contribution < 1.29 is 9.59 Å². The van der Waals surface area contributed by atoms with E-state index in [2.05, 4.69) is 20.6 Å². The summed E-state index contributed by atoms with van der Waals surface area (Å²) in [6.07, 6.45) is 1.53. The molecule has 0 unspecified atom stereocenters. The first-order valence-corrected chi connectivity index (χ1v) is 8.32. The highest BCUT2D eigenvalue weighted by atomic mass is 32.1. The number of nitrogens with zero attached hydrogens (tertiary/aromatic N) is 2. The molecule has 0 saturated carbocycles. The number of anilines is 1. The smallest absolute Gasteiger partial charge is 0.268 e.